The van der Waals surface area contributed by atoms with E-state index in [4.69, 9.17) is 4.74 Å². The molecule has 1 fully saturated rings. The van der Waals surface area contributed by atoms with Gasteiger partial charge in [-0.3, -0.25) is 0 Å². The van der Waals surface area contributed by atoms with E-state index in [1.807, 2.05) is 0 Å². The number of rotatable bonds is 3. The van der Waals surface area contributed by atoms with Crippen molar-refractivity contribution in [2.24, 2.45) is 0 Å². The predicted molar refractivity (Wildman–Crippen MR) is 33.9 cm³/mol. The molecule has 0 spiro atoms. The third-order valence-corrected chi connectivity index (χ3v) is 1.68. The topological polar surface area (TPSA) is 12.5 Å². The Labute approximate surface area is 51.0 Å². The summed E-state index contributed by atoms with van der Waals surface area (Å²) in [6.45, 7) is 4.35. The Bertz CT molecular complexity index is 70.8. The standard InChI is InChI=1S/C7H14O/c1-3-4-5-7-6(2)8-7/h6-7H,3-5H2,1-2H3/t6-,7-/m0/s1. The van der Waals surface area contributed by atoms with E-state index in [9.17, 15) is 0 Å². The molecule has 1 heteroatoms. The van der Waals surface area contributed by atoms with Crippen LogP contribution in [0.5, 0.6) is 0 Å². The molecule has 1 nitrogen and oxygen atoms in total. The first-order valence-electron chi connectivity index (χ1n) is 3.50. The fourth-order valence-corrected chi connectivity index (χ4v) is 0.938. The highest BCUT2D eigenvalue weighted by atomic mass is 16.6. The average Bonchev–Trinajstić information content (AvgIpc) is 2.42. The van der Waals surface area contributed by atoms with Crippen molar-refractivity contribution in [1.29, 1.82) is 0 Å². The monoisotopic (exact) mass is 114 g/mol. The van der Waals surface area contributed by atoms with Crippen molar-refractivity contribution in [3.8, 4) is 0 Å². The van der Waals surface area contributed by atoms with E-state index in [2.05, 4.69) is 13.8 Å². The van der Waals surface area contributed by atoms with Gasteiger partial charge in [0.2, 0.25) is 0 Å². The van der Waals surface area contributed by atoms with Crippen LogP contribution in [0.1, 0.15) is 33.1 Å². The first kappa shape index (κ1) is 6.09. The smallest absolute Gasteiger partial charge is 0.0839 e. The largest absolute Gasteiger partial charge is 0.370 e. The average molecular weight is 114 g/mol. The highest BCUT2D eigenvalue weighted by Gasteiger charge is 2.32. The predicted octanol–water partition coefficient (Wildman–Crippen LogP) is 1.96. The zero-order valence-electron chi connectivity index (χ0n) is 5.68. The minimum Gasteiger partial charge on any atom is -0.370 e. The molecule has 0 saturated carbocycles. The summed E-state index contributed by atoms with van der Waals surface area (Å²) < 4.78 is 5.22. The van der Waals surface area contributed by atoms with Gasteiger partial charge < -0.3 is 4.74 Å². The van der Waals surface area contributed by atoms with Crippen LogP contribution in [-0.4, -0.2) is 12.2 Å². The van der Waals surface area contributed by atoms with E-state index in [1.165, 1.54) is 19.3 Å². The van der Waals surface area contributed by atoms with E-state index in [0.29, 0.717) is 12.2 Å². The molecule has 1 heterocycles. The Hall–Kier alpha value is -0.0400. The lowest BCUT2D eigenvalue weighted by molar-refractivity contribution is 0.366. The van der Waals surface area contributed by atoms with Crippen molar-refractivity contribution in [2.45, 2.75) is 45.3 Å². The van der Waals surface area contributed by atoms with E-state index in [-0.39, 0.29) is 0 Å². The van der Waals surface area contributed by atoms with Gasteiger partial charge in [0.1, 0.15) is 0 Å². The Kier molecular flexibility index (Phi) is 1.90. The van der Waals surface area contributed by atoms with Gasteiger partial charge in [-0.05, 0) is 13.3 Å². The molecule has 8 heavy (non-hydrogen) atoms. The summed E-state index contributed by atoms with van der Waals surface area (Å²) in [4.78, 5) is 0. The van der Waals surface area contributed by atoms with Crippen LogP contribution in [0, 0.1) is 0 Å². The molecule has 0 N–H and O–H groups in total. The highest BCUT2D eigenvalue weighted by molar-refractivity contribution is 4.79. The molecule has 0 amide bonds. The van der Waals surface area contributed by atoms with E-state index < -0.39 is 0 Å². The van der Waals surface area contributed by atoms with Crippen molar-refractivity contribution in [3.05, 3.63) is 0 Å². The van der Waals surface area contributed by atoms with Crippen molar-refractivity contribution in [2.75, 3.05) is 0 Å². The van der Waals surface area contributed by atoms with Crippen LogP contribution < -0.4 is 0 Å². The lowest BCUT2D eigenvalue weighted by atomic mass is 10.2. The minimum absolute atomic E-state index is 0.571. The van der Waals surface area contributed by atoms with Gasteiger partial charge in [-0.15, -0.1) is 0 Å². The van der Waals surface area contributed by atoms with Crippen LogP contribution in [0.25, 0.3) is 0 Å². The van der Waals surface area contributed by atoms with Crippen LogP contribution in [-0.2, 0) is 4.74 Å². The van der Waals surface area contributed by atoms with Gasteiger partial charge in [-0.1, -0.05) is 19.8 Å². The quantitative estimate of drug-likeness (QED) is 0.511. The van der Waals surface area contributed by atoms with Crippen molar-refractivity contribution < 1.29 is 4.74 Å². The molecule has 0 bridgehead atoms. The fraction of sp³-hybridized carbons (Fsp3) is 1.00. The Morgan fingerprint density at radius 3 is 2.50 bits per heavy atom. The molecule has 2 atom stereocenters. The summed E-state index contributed by atoms with van der Waals surface area (Å²) in [7, 11) is 0. The first-order chi connectivity index (χ1) is 3.84. The number of epoxide rings is 1. The maximum Gasteiger partial charge on any atom is 0.0839 e. The van der Waals surface area contributed by atoms with Gasteiger partial charge in [-0.2, -0.15) is 0 Å². The van der Waals surface area contributed by atoms with E-state index >= 15 is 0 Å². The van der Waals surface area contributed by atoms with Gasteiger partial charge in [-0.25, -0.2) is 0 Å². The lowest BCUT2D eigenvalue weighted by Crippen LogP contribution is -1.87. The van der Waals surface area contributed by atoms with Gasteiger partial charge in [0, 0.05) is 0 Å². The van der Waals surface area contributed by atoms with Gasteiger partial charge in [0.25, 0.3) is 0 Å². The van der Waals surface area contributed by atoms with Gasteiger partial charge in [0.15, 0.2) is 0 Å². The van der Waals surface area contributed by atoms with Crippen LogP contribution in [0.15, 0.2) is 0 Å². The second kappa shape index (κ2) is 2.49. The molecular weight excluding hydrogens is 100 g/mol. The van der Waals surface area contributed by atoms with Crippen molar-refractivity contribution in [1.82, 2.24) is 0 Å². The number of hydrogen-bond acceptors (Lipinski definition) is 1. The molecule has 0 unspecified atom stereocenters. The third kappa shape index (κ3) is 1.48. The van der Waals surface area contributed by atoms with Gasteiger partial charge in [0.05, 0.1) is 12.2 Å². The first-order valence-corrected chi connectivity index (χ1v) is 3.50. The Morgan fingerprint density at radius 1 is 1.50 bits per heavy atom. The normalized spacial score (nSPS) is 35.2. The summed E-state index contributed by atoms with van der Waals surface area (Å²) in [5.74, 6) is 0. The number of ether oxygens (including phenoxy) is 1. The van der Waals surface area contributed by atoms with Crippen LogP contribution >= 0.6 is 0 Å². The van der Waals surface area contributed by atoms with Crippen LogP contribution in [0.3, 0.4) is 0 Å². The maximum absolute atomic E-state index is 5.22. The number of unbranched alkanes of at least 4 members (excludes halogenated alkanes) is 1. The molecule has 1 saturated heterocycles. The van der Waals surface area contributed by atoms with Gasteiger partial charge >= 0.3 is 0 Å². The summed E-state index contributed by atoms with van der Waals surface area (Å²) in [6.07, 6.45) is 5.09. The molecule has 1 aliphatic heterocycles. The molecule has 0 radical (unpaired) electrons. The second-order valence-corrected chi connectivity index (χ2v) is 2.52. The SMILES string of the molecule is CCCC[C@@H]1O[C@H]1C. The summed E-state index contributed by atoms with van der Waals surface area (Å²) in [6, 6.07) is 0. The van der Waals surface area contributed by atoms with E-state index in [1.54, 1.807) is 0 Å². The zero-order valence-corrected chi connectivity index (χ0v) is 5.68. The summed E-state index contributed by atoms with van der Waals surface area (Å²) in [5, 5.41) is 0. The molecule has 0 aromatic carbocycles. The Morgan fingerprint density at radius 2 is 2.12 bits per heavy atom. The maximum atomic E-state index is 5.22. The van der Waals surface area contributed by atoms with Crippen LogP contribution in [0.2, 0.25) is 0 Å². The minimum atomic E-state index is 0.571. The Balaban J connectivity index is 1.89. The van der Waals surface area contributed by atoms with E-state index in [0.717, 1.165) is 0 Å². The summed E-state index contributed by atoms with van der Waals surface area (Å²) >= 11 is 0. The highest BCUT2D eigenvalue weighted by Crippen LogP contribution is 2.25. The van der Waals surface area contributed by atoms with Crippen LogP contribution in [0.4, 0.5) is 0 Å². The molecule has 0 aromatic heterocycles. The third-order valence-electron chi connectivity index (χ3n) is 1.68. The number of hydrogen-bond donors (Lipinski definition) is 0. The zero-order chi connectivity index (χ0) is 5.98. The second-order valence-electron chi connectivity index (χ2n) is 2.52. The fourth-order valence-electron chi connectivity index (χ4n) is 0.938. The molecule has 48 valence electrons. The van der Waals surface area contributed by atoms with Crippen molar-refractivity contribution >= 4 is 0 Å². The molecule has 1 aliphatic rings. The molecule has 0 aliphatic carbocycles. The lowest BCUT2D eigenvalue weighted by Gasteiger charge is -1.87. The molecule has 0 aromatic rings. The molecule has 1 rings (SSSR count). The molecular formula is C7H14O. The summed E-state index contributed by atoms with van der Waals surface area (Å²) in [5.41, 5.74) is 0. The van der Waals surface area contributed by atoms with Crippen molar-refractivity contribution in [3.63, 3.8) is 0 Å².